The van der Waals surface area contributed by atoms with E-state index in [4.69, 9.17) is 23.2 Å². The molecular weight excluding hydrogens is 375 g/mol. The van der Waals surface area contributed by atoms with Gasteiger partial charge in [-0.3, -0.25) is 14.4 Å². The van der Waals surface area contributed by atoms with Gasteiger partial charge in [0.25, 0.3) is 0 Å². The average Bonchev–Trinajstić information content (AvgIpc) is 2.87. The van der Waals surface area contributed by atoms with Gasteiger partial charge in [0.2, 0.25) is 0 Å². The second kappa shape index (κ2) is 6.71. The molecule has 0 heterocycles. The fourth-order valence-electron chi connectivity index (χ4n) is 3.10. The number of carbonyl (C=O) groups is 3. The summed E-state index contributed by atoms with van der Waals surface area (Å²) >= 11 is 11.9. The number of allylic oxidation sites excluding steroid dienone is 1. The molecule has 1 N–H and O–H groups in total. The quantitative estimate of drug-likeness (QED) is 0.352. The molecule has 1 aliphatic rings. The molecule has 0 saturated heterocycles. The van der Waals surface area contributed by atoms with Crippen molar-refractivity contribution in [3.05, 3.63) is 68.7 Å². The highest BCUT2D eigenvalue weighted by molar-refractivity contribution is 6.42. The first kappa shape index (κ1) is 18.4. The molecule has 0 fully saturated rings. The van der Waals surface area contributed by atoms with Gasteiger partial charge in [-0.1, -0.05) is 35.3 Å². The Hall–Kier alpha value is -2.43. The molecule has 1 aliphatic carbocycles. The highest BCUT2D eigenvalue weighted by Crippen LogP contribution is 2.42. The van der Waals surface area contributed by atoms with Crippen LogP contribution >= 0.6 is 23.2 Å². The molecule has 26 heavy (non-hydrogen) atoms. The molecule has 0 amide bonds. The Bertz CT molecular complexity index is 1000. The van der Waals surface area contributed by atoms with E-state index >= 15 is 0 Å². The number of fused-ring (bicyclic) bond motifs is 1. The molecule has 1 unspecified atom stereocenters. The first-order chi connectivity index (χ1) is 12.2. The van der Waals surface area contributed by atoms with Crippen LogP contribution in [0.1, 0.15) is 46.8 Å². The van der Waals surface area contributed by atoms with Crippen molar-refractivity contribution in [1.29, 1.82) is 0 Å². The number of ketones is 3. The highest BCUT2D eigenvalue weighted by Gasteiger charge is 2.40. The molecule has 2 aromatic rings. The zero-order valence-electron chi connectivity index (χ0n) is 14.0. The molecule has 2 aromatic carbocycles. The lowest BCUT2D eigenvalue weighted by atomic mass is 9.95. The van der Waals surface area contributed by atoms with Gasteiger partial charge in [0.15, 0.2) is 11.6 Å². The van der Waals surface area contributed by atoms with Crippen LogP contribution in [0.4, 0.5) is 0 Å². The predicted molar refractivity (Wildman–Crippen MR) is 101 cm³/mol. The van der Waals surface area contributed by atoms with E-state index in [9.17, 15) is 19.5 Å². The number of rotatable bonds is 3. The Kier molecular flexibility index (Phi) is 4.74. The summed E-state index contributed by atoms with van der Waals surface area (Å²) in [4.78, 5) is 36.6. The van der Waals surface area contributed by atoms with Gasteiger partial charge in [0, 0.05) is 11.1 Å². The summed E-state index contributed by atoms with van der Waals surface area (Å²) in [7, 11) is 0. The van der Waals surface area contributed by atoms with E-state index in [0.29, 0.717) is 27.3 Å². The van der Waals surface area contributed by atoms with Crippen molar-refractivity contribution >= 4 is 51.9 Å². The fraction of sp³-hybridized carbons (Fsp3) is 0.150. The third-order valence-electron chi connectivity index (χ3n) is 4.39. The maximum atomic E-state index is 12.9. The van der Waals surface area contributed by atoms with Crippen molar-refractivity contribution in [3.8, 4) is 0 Å². The summed E-state index contributed by atoms with van der Waals surface area (Å²) in [5.74, 6) is -2.31. The number of halogens is 2. The summed E-state index contributed by atoms with van der Waals surface area (Å²) in [6.07, 6.45) is 0. The van der Waals surface area contributed by atoms with Gasteiger partial charge >= 0.3 is 0 Å². The third kappa shape index (κ3) is 2.96. The van der Waals surface area contributed by atoms with E-state index in [1.54, 1.807) is 12.1 Å². The first-order valence-corrected chi connectivity index (χ1v) is 8.56. The van der Waals surface area contributed by atoms with Gasteiger partial charge in [-0.25, -0.2) is 0 Å². The Morgan fingerprint density at radius 2 is 1.62 bits per heavy atom. The van der Waals surface area contributed by atoms with Crippen LogP contribution in [0.25, 0.3) is 11.3 Å². The molecule has 4 nitrogen and oxygen atoms in total. The van der Waals surface area contributed by atoms with E-state index in [-0.39, 0.29) is 27.9 Å². The maximum absolute atomic E-state index is 12.9. The van der Waals surface area contributed by atoms with Crippen LogP contribution in [-0.2, 0) is 9.59 Å². The summed E-state index contributed by atoms with van der Waals surface area (Å²) in [6, 6.07) is 9.16. The van der Waals surface area contributed by atoms with E-state index in [1.807, 2.05) is 0 Å². The Balaban J connectivity index is 2.29. The molecule has 0 aliphatic heterocycles. The molecule has 0 spiro atoms. The smallest absolute Gasteiger partial charge is 0.182 e. The Morgan fingerprint density at radius 1 is 0.962 bits per heavy atom. The second-order valence-electron chi connectivity index (χ2n) is 6.12. The average molecular weight is 389 g/mol. The van der Waals surface area contributed by atoms with Crippen LogP contribution in [0.2, 0.25) is 10.0 Å². The Morgan fingerprint density at radius 3 is 2.19 bits per heavy atom. The summed E-state index contributed by atoms with van der Waals surface area (Å²) in [6.45, 7) is 2.73. The van der Waals surface area contributed by atoms with Crippen molar-refractivity contribution in [1.82, 2.24) is 0 Å². The van der Waals surface area contributed by atoms with Crippen LogP contribution in [0, 0.1) is 0 Å². The molecule has 132 valence electrons. The maximum Gasteiger partial charge on any atom is 0.182 e. The van der Waals surface area contributed by atoms with Gasteiger partial charge in [0.1, 0.15) is 17.5 Å². The van der Waals surface area contributed by atoms with E-state index in [2.05, 4.69) is 0 Å². The van der Waals surface area contributed by atoms with Crippen molar-refractivity contribution in [3.63, 3.8) is 0 Å². The first-order valence-electron chi connectivity index (χ1n) is 7.81. The van der Waals surface area contributed by atoms with Crippen LogP contribution in [-0.4, -0.2) is 22.5 Å². The molecule has 0 aromatic heterocycles. The number of Topliss-reactive ketones (excluding diaryl/α,β-unsaturated/α-hetero) is 3. The monoisotopic (exact) mass is 388 g/mol. The molecule has 3 rings (SSSR count). The van der Waals surface area contributed by atoms with Gasteiger partial charge in [-0.05, 0) is 49.2 Å². The number of hydrogen-bond donors (Lipinski definition) is 1. The van der Waals surface area contributed by atoms with Crippen LogP contribution < -0.4 is 0 Å². The second-order valence-corrected chi connectivity index (χ2v) is 6.93. The van der Waals surface area contributed by atoms with E-state index in [1.165, 1.54) is 38.1 Å². The zero-order valence-corrected chi connectivity index (χ0v) is 15.5. The number of aliphatic hydroxyl groups is 1. The lowest BCUT2D eigenvalue weighted by Crippen LogP contribution is -2.14. The normalized spacial score (nSPS) is 17.8. The fourth-order valence-corrected chi connectivity index (χ4v) is 3.40. The number of carbonyl (C=O) groups excluding carboxylic acids is 3. The van der Waals surface area contributed by atoms with Gasteiger partial charge < -0.3 is 5.11 Å². The SMILES string of the molecule is CC(=O)c1ccc2c(c1)/C(=C(/O)c1ccc(Cl)c(Cl)c1)C(=O)C2C(C)=O. The minimum Gasteiger partial charge on any atom is -0.507 e. The number of aliphatic hydroxyl groups excluding tert-OH is 1. The summed E-state index contributed by atoms with van der Waals surface area (Å²) in [5.41, 5.74) is 1.55. The predicted octanol–water partition coefficient (Wildman–Crippen LogP) is 4.88. The number of hydrogen-bond acceptors (Lipinski definition) is 4. The Labute approximate surface area is 160 Å². The minimum atomic E-state index is -0.995. The van der Waals surface area contributed by atoms with Gasteiger partial charge in [0.05, 0.1) is 15.6 Å². The third-order valence-corrected chi connectivity index (χ3v) is 5.12. The molecule has 0 bridgehead atoms. The number of benzene rings is 2. The van der Waals surface area contributed by atoms with Gasteiger partial charge in [-0.2, -0.15) is 0 Å². The topological polar surface area (TPSA) is 71.4 Å². The molecule has 0 radical (unpaired) electrons. The molecule has 6 heteroatoms. The van der Waals surface area contributed by atoms with E-state index < -0.39 is 11.7 Å². The summed E-state index contributed by atoms with van der Waals surface area (Å²) in [5, 5.41) is 11.3. The molecule has 0 saturated carbocycles. The highest BCUT2D eigenvalue weighted by atomic mass is 35.5. The van der Waals surface area contributed by atoms with Crippen molar-refractivity contribution in [2.24, 2.45) is 0 Å². The lowest BCUT2D eigenvalue weighted by molar-refractivity contribution is -0.124. The van der Waals surface area contributed by atoms with Gasteiger partial charge in [-0.15, -0.1) is 0 Å². The van der Waals surface area contributed by atoms with Crippen molar-refractivity contribution < 1.29 is 19.5 Å². The van der Waals surface area contributed by atoms with Crippen LogP contribution in [0.3, 0.4) is 0 Å². The minimum absolute atomic E-state index is 0.00156. The largest absolute Gasteiger partial charge is 0.507 e. The van der Waals surface area contributed by atoms with Crippen molar-refractivity contribution in [2.45, 2.75) is 19.8 Å². The van der Waals surface area contributed by atoms with E-state index in [0.717, 1.165) is 0 Å². The molecule has 1 atom stereocenters. The lowest BCUT2D eigenvalue weighted by Gasteiger charge is -2.08. The van der Waals surface area contributed by atoms with Crippen LogP contribution in [0.15, 0.2) is 36.4 Å². The molecular formula is C20H14Cl2O4. The standard InChI is InChI=1S/C20H14Cl2O4/c1-9(23)11-3-5-13-14(7-11)18(20(26)17(13)10(2)24)19(25)12-4-6-15(21)16(22)8-12/h3-8,17,25H,1-2H3/b19-18-. The summed E-state index contributed by atoms with van der Waals surface area (Å²) < 4.78 is 0. The zero-order chi connectivity index (χ0) is 19.2. The van der Waals surface area contributed by atoms with Crippen molar-refractivity contribution in [2.75, 3.05) is 0 Å². The van der Waals surface area contributed by atoms with Crippen LogP contribution in [0.5, 0.6) is 0 Å².